The van der Waals surface area contributed by atoms with Crippen LogP contribution in [-0.2, 0) is 11.3 Å². The molecule has 0 spiro atoms. The van der Waals surface area contributed by atoms with Gasteiger partial charge in [0.25, 0.3) is 0 Å². The van der Waals surface area contributed by atoms with E-state index in [1.807, 2.05) is 4.52 Å². The molecular weight excluding hydrogens is 487 g/mol. The molecule has 4 aromatic heterocycles. The highest BCUT2D eigenvalue weighted by atomic mass is 32.1. The minimum atomic E-state index is -5.08. The van der Waals surface area contributed by atoms with Gasteiger partial charge < -0.3 is 5.11 Å². The number of carboxylic acids is 1. The number of thiophene rings is 2. The molecule has 5 heterocycles. The van der Waals surface area contributed by atoms with Crippen LogP contribution >= 0.6 is 22.7 Å². The lowest BCUT2D eigenvalue weighted by atomic mass is 10.1. The topological polar surface area (TPSA) is 74.0 Å². The lowest BCUT2D eigenvalue weighted by Gasteiger charge is -2.38. The van der Waals surface area contributed by atoms with Crippen LogP contribution in [0.4, 0.5) is 13.2 Å². The molecule has 1 saturated heterocycles. The highest BCUT2D eigenvalue weighted by Gasteiger charge is 2.38. The van der Waals surface area contributed by atoms with Crippen LogP contribution in [0.5, 0.6) is 0 Å². The van der Waals surface area contributed by atoms with Crippen molar-refractivity contribution in [1.82, 2.24) is 24.6 Å². The van der Waals surface area contributed by atoms with Gasteiger partial charge in [-0.25, -0.2) is 9.31 Å². The van der Waals surface area contributed by atoms with E-state index in [9.17, 15) is 13.2 Å². The summed E-state index contributed by atoms with van der Waals surface area (Å²) in [7, 11) is 2.19. The third-order valence-corrected chi connectivity index (χ3v) is 6.99. The minimum Gasteiger partial charge on any atom is -0.475 e. The third-order valence-electron chi connectivity index (χ3n) is 5.57. The van der Waals surface area contributed by atoms with Crippen molar-refractivity contribution in [3.05, 3.63) is 63.2 Å². The summed E-state index contributed by atoms with van der Waals surface area (Å²) in [4.78, 5) is 13.8. The van der Waals surface area contributed by atoms with Crippen LogP contribution in [0.15, 0.2) is 52.0 Å². The molecule has 1 fully saturated rings. The number of carbonyl (C=O) groups is 1. The molecule has 0 radical (unpaired) electrons. The van der Waals surface area contributed by atoms with Crippen molar-refractivity contribution in [2.24, 2.45) is 0 Å². The van der Waals surface area contributed by atoms with Crippen molar-refractivity contribution in [2.75, 3.05) is 26.7 Å². The van der Waals surface area contributed by atoms with E-state index in [4.69, 9.17) is 9.90 Å². The fourth-order valence-corrected chi connectivity index (χ4v) is 5.09. The molecule has 0 amide bonds. The average Bonchev–Trinajstić information content (AvgIpc) is 3.56. The van der Waals surface area contributed by atoms with E-state index in [0.717, 1.165) is 37.4 Å². The second-order valence-electron chi connectivity index (χ2n) is 7.90. The molecule has 1 aliphatic heterocycles. The summed E-state index contributed by atoms with van der Waals surface area (Å²) in [5.74, 6) is -2.76. The molecule has 180 valence electrons. The van der Waals surface area contributed by atoms with Gasteiger partial charge in [-0.2, -0.15) is 35.8 Å². The van der Waals surface area contributed by atoms with Crippen molar-refractivity contribution < 1.29 is 23.1 Å². The van der Waals surface area contributed by atoms with Gasteiger partial charge in [0.2, 0.25) is 0 Å². The Kier molecular flexibility index (Phi) is 7.31. The number of aliphatic carboxylic acids is 1. The molecule has 1 atom stereocenters. The van der Waals surface area contributed by atoms with Crippen LogP contribution in [0, 0.1) is 0 Å². The number of hydrogen-bond acceptors (Lipinski definition) is 7. The Morgan fingerprint density at radius 2 is 1.85 bits per heavy atom. The Hall–Kier alpha value is -2.80. The minimum absolute atomic E-state index is 0.266. The van der Waals surface area contributed by atoms with Crippen LogP contribution in [0.2, 0.25) is 0 Å². The maximum Gasteiger partial charge on any atom is 0.490 e. The second-order valence-corrected chi connectivity index (χ2v) is 9.46. The average molecular weight is 510 g/mol. The Morgan fingerprint density at radius 1 is 1.12 bits per heavy atom. The summed E-state index contributed by atoms with van der Waals surface area (Å²) in [5, 5.41) is 24.8. The first kappa shape index (κ1) is 24.3. The predicted molar refractivity (Wildman–Crippen MR) is 125 cm³/mol. The van der Waals surface area contributed by atoms with Gasteiger partial charge in [-0.05, 0) is 57.9 Å². The van der Waals surface area contributed by atoms with Gasteiger partial charge >= 0.3 is 12.1 Å². The van der Waals surface area contributed by atoms with Crippen molar-refractivity contribution in [3.8, 4) is 11.1 Å². The number of alkyl halides is 3. The lowest BCUT2D eigenvalue weighted by molar-refractivity contribution is -0.192. The third kappa shape index (κ3) is 5.63. The van der Waals surface area contributed by atoms with E-state index in [0.29, 0.717) is 0 Å². The van der Waals surface area contributed by atoms with Crippen LogP contribution < -0.4 is 0 Å². The van der Waals surface area contributed by atoms with Gasteiger partial charge in [0.1, 0.15) is 5.69 Å². The molecular formula is C22H22F3N5O2S2. The molecule has 7 nitrogen and oxygen atoms in total. The number of rotatable bonds is 4. The molecule has 4 aromatic rings. The highest BCUT2D eigenvalue weighted by molar-refractivity contribution is 7.08. The molecule has 0 saturated carbocycles. The molecule has 12 heteroatoms. The van der Waals surface area contributed by atoms with Gasteiger partial charge in [0, 0.05) is 37.9 Å². The predicted octanol–water partition coefficient (Wildman–Crippen LogP) is 4.64. The summed E-state index contributed by atoms with van der Waals surface area (Å²) < 4.78 is 33.7. The Bertz CT molecular complexity index is 1230. The standard InChI is InChI=1S/C20H21N5S2.C2HF3O2/c1-23-6-7-24(10-15-4-8-26-13-15)12-19(23)20-18-3-2-16(11-25(18)22-21-20)17-5-9-27-14-17;3-2(4,5)1(6)7/h2-5,8-9,11,13-14,19H,6-7,10,12H2,1H3;(H,6,7). The fraction of sp³-hybridized carbons (Fsp3) is 0.318. The van der Waals surface area contributed by atoms with E-state index in [2.05, 4.69) is 79.1 Å². The quantitative estimate of drug-likeness (QED) is 0.432. The number of aromatic nitrogens is 3. The normalized spacial score (nSPS) is 17.5. The first-order valence-electron chi connectivity index (χ1n) is 10.3. The first-order chi connectivity index (χ1) is 16.2. The molecule has 34 heavy (non-hydrogen) atoms. The van der Waals surface area contributed by atoms with Crippen LogP contribution in [0.1, 0.15) is 17.3 Å². The smallest absolute Gasteiger partial charge is 0.475 e. The van der Waals surface area contributed by atoms with Gasteiger partial charge in [-0.3, -0.25) is 9.80 Å². The molecule has 0 aliphatic carbocycles. The van der Waals surface area contributed by atoms with E-state index >= 15 is 0 Å². The van der Waals surface area contributed by atoms with Crippen molar-refractivity contribution in [3.63, 3.8) is 0 Å². The summed E-state index contributed by atoms with van der Waals surface area (Å²) in [5.41, 5.74) is 5.98. The van der Waals surface area contributed by atoms with Gasteiger partial charge in [-0.1, -0.05) is 11.3 Å². The van der Waals surface area contributed by atoms with E-state index in [1.165, 1.54) is 16.7 Å². The Balaban J connectivity index is 0.000000344. The summed E-state index contributed by atoms with van der Waals surface area (Å²) in [6, 6.07) is 8.96. The first-order valence-corrected chi connectivity index (χ1v) is 12.2. The van der Waals surface area contributed by atoms with E-state index in [-0.39, 0.29) is 6.04 Å². The van der Waals surface area contributed by atoms with E-state index in [1.54, 1.807) is 22.7 Å². The Labute approximate surface area is 201 Å². The van der Waals surface area contributed by atoms with Crippen molar-refractivity contribution in [2.45, 2.75) is 18.8 Å². The molecule has 1 aliphatic rings. The zero-order valence-corrected chi connectivity index (χ0v) is 19.8. The van der Waals surface area contributed by atoms with Gasteiger partial charge in [0.15, 0.2) is 0 Å². The van der Waals surface area contributed by atoms with Crippen LogP contribution in [-0.4, -0.2) is 68.6 Å². The number of piperazine rings is 1. The monoisotopic (exact) mass is 509 g/mol. The van der Waals surface area contributed by atoms with Gasteiger partial charge in [0.05, 0.1) is 11.6 Å². The number of pyridine rings is 1. The Morgan fingerprint density at radius 3 is 2.50 bits per heavy atom. The lowest BCUT2D eigenvalue weighted by Crippen LogP contribution is -2.46. The number of likely N-dealkylation sites (N-methyl/N-ethyl adjacent to an activating group) is 1. The van der Waals surface area contributed by atoms with Crippen molar-refractivity contribution in [1.29, 1.82) is 0 Å². The molecule has 0 bridgehead atoms. The van der Waals surface area contributed by atoms with E-state index < -0.39 is 12.1 Å². The highest BCUT2D eigenvalue weighted by Crippen LogP contribution is 2.29. The largest absolute Gasteiger partial charge is 0.490 e. The zero-order chi connectivity index (χ0) is 24.3. The SMILES string of the molecule is CN1CCN(Cc2ccsc2)CC1c1nnn2cc(-c3ccsc3)ccc12.O=C(O)C(F)(F)F. The molecule has 1 N–H and O–H groups in total. The number of nitrogens with zero attached hydrogens (tertiary/aromatic N) is 5. The number of halogens is 3. The number of fused-ring (bicyclic) bond motifs is 1. The van der Waals surface area contributed by atoms with Crippen molar-refractivity contribution >= 4 is 34.2 Å². The second kappa shape index (κ2) is 10.2. The molecule has 0 aromatic carbocycles. The summed E-state index contributed by atoms with van der Waals surface area (Å²) in [6.07, 6.45) is -3.00. The van der Waals surface area contributed by atoms with Gasteiger partial charge in [-0.15, -0.1) is 5.10 Å². The molecule has 5 rings (SSSR count). The maximum absolute atomic E-state index is 10.6. The number of carboxylic acid groups (broad SMARTS) is 1. The molecule has 1 unspecified atom stereocenters. The van der Waals surface area contributed by atoms with Crippen LogP contribution in [0.25, 0.3) is 16.6 Å². The summed E-state index contributed by atoms with van der Waals surface area (Å²) in [6.45, 7) is 4.12. The fourth-order valence-electron chi connectivity index (χ4n) is 3.76. The maximum atomic E-state index is 10.6. The zero-order valence-electron chi connectivity index (χ0n) is 18.1. The summed E-state index contributed by atoms with van der Waals surface area (Å²) >= 11 is 3.48. The number of hydrogen-bond donors (Lipinski definition) is 1. The van der Waals surface area contributed by atoms with Crippen LogP contribution in [0.3, 0.4) is 0 Å².